The van der Waals surface area contributed by atoms with E-state index in [2.05, 4.69) is 18.7 Å². The number of ketones is 1. The number of hydrogen-bond acceptors (Lipinski definition) is 4. The molecule has 2 rings (SSSR count). The van der Waals surface area contributed by atoms with Gasteiger partial charge in [-0.2, -0.15) is 0 Å². The summed E-state index contributed by atoms with van der Waals surface area (Å²) in [7, 11) is 3.46. The largest absolute Gasteiger partial charge is 0.377 e. The molecule has 4 nitrogen and oxygen atoms in total. The van der Waals surface area contributed by atoms with Crippen LogP contribution < -0.4 is 0 Å². The highest BCUT2D eigenvalue weighted by Gasteiger charge is 2.38. The number of likely N-dealkylation sites (tertiary alicyclic amines) is 1. The summed E-state index contributed by atoms with van der Waals surface area (Å²) in [4.78, 5) is 14.4. The van der Waals surface area contributed by atoms with Crippen molar-refractivity contribution in [1.82, 2.24) is 4.90 Å². The van der Waals surface area contributed by atoms with Crippen molar-refractivity contribution in [2.24, 2.45) is 11.3 Å². The van der Waals surface area contributed by atoms with Crippen molar-refractivity contribution in [1.29, 1.82) is 0 Å². The highest BCUT2D eigenvalue weighted by Crippen LogP contribution is 2.37. The van der Waals surface area contributed by atoms with Gasteiger partial charge in [-0.25, -0.2) is 0 Å². The van der Waals surface area contributed by atoms with Crippen LogP contribution in [0.2, 0.25) is 0 Å². The van der Waals surface area contributed by atoms with E-state index in [1.165, 1.54) is 0 Å². The van der Waals surface area contributed by atoms with E-state index in [-0.39, 0.29) is 18.1 Å². The number of ether oxygens (including phenoxy) is 2. The molecule has 0 aromatic heterocycles. The quantitative estimate of drug-likeness (QED) is 0.779. The maximum Gasteiger partial charge on any atom is 0.137 e. The first-order valence-corrected chi connectivity index (χ1v) is 7.26. The van der Waals surface area contributed by atoms with Crippen LogP contribution in [0.25, 0.3) is 0 Å². The predicted molar refractivity (Wildman–Crippen MR) is 74.2 cm³/mol. The number of rotatable bonds is 4. The molecule has 0 amide bonds. The van der Waals surface area contributed by atoms with Crippen molar-refractivity contribution >= 4 is 5.78 Å². The lowest BCUT2D eigenvalue weighted by molar-refractivity contribution is -0.127. The molecule has 2 fully saturated rings. The smallest absolute Gasteiger partial charge is 0.137 e. The molecule has 1 saturated carbocycles. The summed E-state index contributed by atoms with van der Waals surface area (Å²) in [6.45, 7) is 7.15. The monoisotopic (exact) mass is 269 g/mol. The minimum atomic E-state index is 0.136. The Morgan fingerprint density at radius 2 is 1.79 bits per heavy atom. The Labute approximate surface area is 116 Å². The van der Waals surface area contributed by atoms with Crippen LogP contribution in [0, 0.1) is 11.3 Å². The van der Waals surface area contributed by atoms with E-state index >= 15 is 0 Å². The van der Waals surface area contributed by atoms with Crippen LogP contribution in [0.1, 0.15) is 33.1 Å². The lowest BCUT2D eigenvalue weighted by Crippen LogP contribution is -2.38. The molecule has 2 aliphatic rings. The van der Waals surface area contributed by atoms with Gasteiger partial charge in [0.2, 0.25) is 0 Å². The molecule has 0 spiro atoms. The van der Waals surface area contributed by atoms with Crippen LogP contribution in [0.3, 0.4) is 0 Å². The standard InChI is InChI=1S/C15H27NO3/c1-15(2)6-5-12(17)11(7-15)8-16-9-13(18-3)14(10-16)19-4/h11,13-14H,5-10H2,1-4H3. The Balaban J connectivity index is 1.92. The van der Waals surface area contributed by atoms with Gasteiger partial charge in [-0.15, -0.1) is 0 Å². The van der Waals surface area contributed by atoms with Crippen molar-refractivity contribution in [3.05, 3.63) is 0 Å². The molecule has 19 heavy (non-hydrogen) atoms. The molecule has 3 unspecified atom stereocenters. The van der Waals surface area contributed by atoms with Gasteiger partial charge in [0.25, 0.3) is 0 Å². The van der Waals surface area contributed by atoms with Crippen molar-refractivity contribution in [3.8, 4) is 0 Å². The Hall–Kier alpha value is -0.450. The first-order chi connectivity index (χ1) is 8.95. The van der Waals surface area contributed by atoms with Gasteiger partial charge in [-0.05, 0) is 18.3 Å². The normalized spacial score (nSPS) is 35.8. The van der Waals surface area contributed by atoms with Gasteiger partial charge >= 0.3 is 0 Å². The second-order valence-electron chi connectivity index (χ2n) is 6.80. The third-order valence-electron chi connectivity index (χ3n) is 4.68. The van der Waals surface area contributed by atoms with Crippen molar-refractivity contribution in [2.75, 3.05) is 33.9 Å². The Bertz CT molecular complexity index is 317. The van der Waals surface area contributed by atoms with Gasteiger partial charge in [0.1, 0.15) is 5.78 Å². The van der Waals surface area contributed by atoms with Crippen LogP contribution >= 0.6 is 0 Å². The number of methoxy groups -OCH3 is 2. The molecule has 0 radical (unpaired) electrons. The summed E-state index contributed by atoms with van der Waals surface area (Å²) in [5.41, 5.74) is 0.305. The molecule has 1 aliphatic carbocycles. The maximum absolute atomic E-state index is 12.1. The van der Waals surface area contributed by atoms with Gasteiger partial charge in [0.05, 0.1) is 12.2 Å². The highest BCUT2D eigenvalue weighted by atomic mass is 16.5. The van der Waals surface area contributed by atoms with Gasteiger partial charge in [-0.1, -0.05) is 13.8 Å². The molecule has 3 atom stereocenters. The van der Waals surface area contributed by atoms with Crippen molar-refractivity contribution < 1.29 is 14.3 Å². The SMILES string of the molecule is COC1CN(CC2CC(C)(C)CCC2=O)CC1OC. The van der Waals surface area contributed by atoms with Gasteiger partial charge in [0, 0.05) is 46.2 Å². The van der Waals surface area contributed by atoms with E-state index < -0.39 is 0 Å². The van der Waals surface area contributed by atoms with Crippen molar-refractivity contribution in [3.63, 3.8) is 0 Å². The molecular formula is C15H27NO3. The molecule has 110 valence electrons. The van der Waals surface area contributed by atoms with Gasteiger partial charge in [-0.3, -0.25) is 9.69 Å². The predicted octanol–water partition coefficient (Wildman–Crippen LogP) is 1.73. The third-order valence-corrected chi connectivity index (χ3v) is 4.68. The minimum Gasteiger partial charge on any atom is -0.377 e. The van der Waals surface area contributed by atoms with E-state index in [9.17, 15) is 4.79 Å². The number of Topliss-reactive ketones (excluding diaryl/α,β-unsaturated/α-hetero) is 1. The zero-order valence-electron chi connectivity index (χ0n) is 12.6. The molecular weight excluding hydrogens is 242 g/mol. The second kappa shape index (κ2) is 5.90. The number of nitrogens with zero attached hydrogens (tertiary/aromatic N) is 1. The molecule has 4 heteroatoms. The second-order valence-corrected chi connectivity index (χ2v) is 6.80. The molecule has 1 aliphatic heterocycles. The summed E-state index contributed by atoms with van der Waals surface area (Å²) in [6, 6.07) is 0. The zero-order chi connectivity index (χ0) is 14.0. The lowest BCUT2D eigenvalue weighted by atomic mass is 9.71. The molecule has 0 aromatic rings. The number of carbonyl (C=O) groups excluding carboxylic acids is 1. The Morgan fingerprint density at radius 3 is 2.32 bits per heavy atom. The van der Waals surface area contributed by atoms with E-state index in [1.807, 2.05) is 0 Å². The molecule has 1 heterocycles. The van der Waals surface area contributed by atoms with Crippen molar-refractivity contribution in [2.45, 2.75) is 45.3 Å². The van der Waals surface area contributed by atoms with E-state index in [0.29, 0.717) is 11.2 Å². The fraction of sp³-hybridized carbons (Fsp3) is 0.933. The van der Waals surface area contributed by atoms with Gasteiger partial charge < -0.3 is 9.47 Å². The molecule has 1 saturated heterocycles. The average molecular weight is 269 g/mol. The number of hydrogen-bond donors (Lipinski definition) is 0. The van der Waals surface area contributed by atoms with Crippen LogP contribution in [0.4, 0.5) is 0 Å². The molecule has 0 aromatic carbocycles. The van der Waals surface area contributed by atoms with Crippen LogP contribution in [-0.4, -0.2) is 56.7 Å². The summed E-state index contributed by atoms with van der Waals surface area (Å²) in [5.74, 6) is 0.631. The maximum atomic E-state index is 12.1. The summed E-state index contributed by atoms with van der Waals surface area (Å²) >= 11 is 0. The molecule has 0 bridgehead atoms. The van der Waals surface area contributed by atoms with Gasteiger partial charge in [0.15, 0.2) is 0 Å². The first kappa shape index (κ1) is 14.9. The summed E-state index contributed by atoms with van der Waals surface area (Å²) < 4.78 is 10.9. The van der Waals surface area contributed by atoms with E-state index in [1.54, 1.807) is 14.2 Å². The topological polar surface area (TPSA) is 38.8 Å². The summed E-state index contributed by atoms with van der Waals surface area (Å²) in [5, 5.41) is 0. The zero-order valence-corrected chi connectivity index (χ0v) is 12.6. The van der Waals surface area contributed by atoms with Crippen LogP contribution in [0.15, 0.2) is 0 Å². The minimum absolute atomic E-state index is 0.136. The Morgan fingerprint density at radius 1 is 1.21 bits per heavy atom. The summed E-state index contributed by atoms with van der Waals surface area (Å²) in [6.07, 6.45) is 3.06. The first-order valence-electron chi connectivity index (χ1n) is 7.26. The lowest BCUT2D eigenvalue weighted by Gasteiger charge is -2.35. The van der Waals surface area contributed by atoms with Crippen LogP contribution in [-0.2, 0) is 14.3 Å². The fourth-order valence-electron chi connectivity index (χ4n) is 3.45. The number of carbonyl (C=O) groups is 1. The van der Waals surface area contributed by atoms with Crippen LogP contribution in [0.5, 0.6) is 0 Å². The molecule has 0 N–H and O–H groups in total. The fourth-order valence-corrected chi connectivity index (χ4v) is 3.45. The average Bonchev–Trinajstić information content (AvgIpc) is 2.76. The third kappa shape index (κ3) is 3.56. The van der Waals surface area contributed by atoms with E-state index in [4.69, 9.17) is 9.47 Å². The highest BCUT2D eigenvalue weighted by molar-refractivity contribution is 5.82. The van der Waals surface area contributed by atoms with E-state index in [0.717, 1.165) is 38.9 Å². The Kier molecular flexibility index (Phi) is 4.64.